The third kappa shape index (κ3) is 4.84. The van der Waals surface area contributed by atoms with Crippen LogP contribution < -0.4 is 15.4 Å². The van der Waals surface area contributed by atoms with Crippen LogP contribution in [0.2, 0.25) is 0 Å². The summed E-state index contributed by atoms with van der Waals surface area (Å²) < 4.78 is 5.21. The zero-order chi connectivity index (χ0) is 19.1. The number of ether oxygens (including phenoxy) is 1. The molecule has 0 saturated heterocycles. The van der Waals surface area contributed by atoms with Crippen molar-refractivity contribution in [1.29, 1.82) is 5.26 Å². The molecule has 136 valence electrons. The number of methoxy groups -OCH3 is 1. The number of anilines is 1. The van der Waals surface area contributed by atoms with E-state index in [1.807, 2.05) is 31.2 Å². The summed E-state index contributed by atoms with van der Waals surface area (Å²) >= 11 is 0. The van der Waals surface area contributed by atoms with E-state index in [1.165, 1.54) is 0 Å². The molecule has 1 amide bonds. The van der Waals surface area contributed by atoms with Gasteiger partial charge >= 0.3 is 0 Å². The molecular formula is C21H25N3O2. The smallest absolute Gasteiger partial charge is 0.241 e. The number of nitrogens with one attached hydrogen (secondary N) is 2. The summed E-state index contributed by atoms with van der Waals surface area (Å²) in [5, 5.41) is 15.4. The Morgan fingerprint density at radius 2 is 1.73 bits per heavy atom. The quantitative estimate of drug-likeness (QED) is 0.794. The molecule has 26 heavy (non-hydrogen) atoms. The van der Waals surface area contributed by atoms with Crippen molar-refractivity contribution in [3.8, 4) is 11.8 Å². The van der Waals surface area contributed by atoms with Gasteiger partial charge in [0.15, 0.2) is 0 Å². The van der Waals surface area contributed by atoms with Crippen LogP contribution in [0.4, 0.5) is 5.69 Å². The van der Waals surface area contributed by atoms with Crippen LogP contribution in [-0.2, 0) is 4.79 Å². The average molecular weight is 351 g/mol. The molecule has 0 aliphatic rings. The number of nitrogens with zero attached hydrogens (tertiary/aromatic N) is 1. The number of carbonyl (C=O) groups excluding carboxylic acids is 1. The van der Waals surface area contributed by atoms with Gasteiger partial charge in [0.05, 0.1) is 24.4 Å². The Labute approximate surface area is 155 Å². The topological polar surface area (TPSA) is 74.2 Å². The molecule has 0 aromatic heterocycles. The lowest BCUT2D eigenvalue weighted by Gasteiger charge is -2.26. The van der Waals surface area contributed by atoms with E-state index in [0.717, 1.165) is 11.3 Å². The van der Waals surface area contributed by atoms with Crippen LogP contribution in [-0.4, -0.2) is 19.1 Å². The van der Waals surface area contributed by atoms with E-state index in [9.17, 15) is 4.79 Å². The van der Waals surface area contributed by atoms with Gasteiger partial charge in [-0.15, -0.1) is 0 Å². The van der Waals surface area contributed by atoms with Gasteiger partial charge in [-0.3, -0.25) is 10.1 Å². The first-order valence-electron chi connectivity index (χ1n) is 8.66. The molecule has 2 N–H and O–H groups in total. The first-order valence-corrected chi connectivity index (χ1v) is 8.66. The molecule has 0 saturated carbocycles. The van der Waals surface area contributed by atoms with E-state index in [4.69, 9.17) is 10.00 Å². The highest BCUT2D eigenvalue weighted by molar-refractivity contribution is 5.95. The Kier molecular flexibility index (Phi) is 6.76. The van der Waals surface area contributed by atoms with Gasteiger partial charge in [-0.2, -0.15) is 5.26 Å². The molecule has 0 heterocycles. The molecule has 2 rings (SSSR count). The fourth-order valence-electron chi connectivity index (χ4n) is 2.76. The predicted octanol–water partition coefficient (Wildman–Crippen LogP) is 3.88. The summed E-state index contributed by atoms with van der Waals surface area (Å²) in [5.41, 5.74) is 2.07. The van der Waals surface area contributed by atoms with Gasteiger partial charge in [0, 0.05) is 6.04 Å². The van der Waals surface area contributed by atoms with Crippen molar-refractivity contribution in [3.05, 3.63) is 59.7 Å². The van der Waals surface area contributed by atoms with Crippen LogP contribution in [0.1, 0.15) is 37.9 Å². The molecule has 0 spiro atoms. The van der Waals surface area contributed by atoms with E-state index in [2.05, 4.69) is 30.6 Å². The number of carbonyl (C=O) groups is 1. The molecule has 2 aromatic rings. The minimum atomic E-state index is -0.420. The lowest BCUT2D eigenvalue weighted by atomic mass is 9.95. The Morgan fingerprint density at radius 3 is 2.31 bits per heavy atom. The van der Waals surface area contributed by atoms with Crippen molar-refractivity contribution in [2.75, 3.05) is 12.4 Å². The molecule has 2 aromatic carbocycles. The van der Waals surface area contributed by atoms with Crippen molar-refractivity contribution in [1.82, 2.24) is 5.32 Å². The highest BCUT2D eigenvalue weighted by atomic mass is 16.5. The maximum Gasteiger partial charge on any atom is 0.241 e. The highest BCUT2D eigenvalue weighted by Gasteiger charge is 2.22. The van der Waals surface area contributed by atoms with Crippen molar-refractivity contribution < 1.29 is 9.53 Å². The molecule has 0 aliphatic heterocycles. The maximum atomic E-state index is 12.6. The summed E-state index contributed by atoms with van der Waals surface area (Å²) in [7, 11) is 1.64. The highest BCUT2D eigenvalue weighted by Crippen LogP contribution is 2.24. The second kappa shape index (κ2) is 9.02. The zero-order valence-electron chi connectivity index (χ0n) is 15.6. The molecule has 0 radical (unpaired) electrons. The molecule has 2 atom stereocenters. The minimum absolute atomic E-state index is 0.0212. The Morgan fingerprint density at radius 1 is 1.08 bits per heavy atom. The maximum absolute atomic E-state index is 12.6. The van der Waals surface area contributed by atoms with Crippen molar-refractivity contribution >= 4 is 11.6 Å². The standard InChI is InChI=1S/C21H25N3O2/c1-14(2)20(16-9-11-18(26-4)12-10-16)23-15(3)21(25)24-19-8-6-5-7-17(19)13-22/h5-12,14-15,20,23H,1-4H3,(H,24,25). The van der Waals surface area contributed by atoms with Crippen molar-refractivity contribution in [2.24, 2.45) is 5.92 Å². The second-order valence-corrected chi connectivity index (χ2v) is 6.53. The molecular weight excluding hydrogens is 326 g/mol. The number of amides is 1. The van der Waals surface area contributed by atoms with E-state index in [-0.39, 0.29) is 11.9 Å². The number of nitriles is 1. The largest absolute Gasteiger partial charge is 0.497 e. The summed E-state index contributed by atoms with van der Waals surface area (Å²) in [6, 6.07) is 16.5. The third-order valence-corrected chi connectivity index (χ3v) is 4.27. The summed E-state index contributed by atoms with van der Waals surface area (Å²) in [5.74, 6) is 0.923. The first-order chi connectivity index (χ1) is 12.5. The summed E-state index contributed by atoms with van der Waals surface area (Å²) in [6.45, 7) is 6.04. The fourth-order valence-corrected chi connectivity index (χ4v) is 2.76. The number of benzene rings is 2. The Balaban J connectivity index is 2.10. The number of hydrogen-bond acceptors (Lipinski definition) is 4. The van der Waals surface area contributed by atoms with Crippen LogP contribution in [0.3, 0.4) is 0 Å². The lowest BCUT2D eigenvalue weighted by Crippen LogP contribution is -2.41. The second-order valence-electron chi connectivity index (χ2n) is 6.53. The Hall–Kier alpha value is -2.84. The van der Waals surface area contributed by atoms with Crippen LogP contribution in [0.15, 0.2) is 48.5 Å². The molecule has 0 aliphatic carbocycles. The molecule has 5 heteroatoms. The summed E-state index contributed by atoms with van der Waals surface area (Å²) in [6.07, 6.45) is 0. The molecule has 5 nitrogen and oxygen atoms in total. The number of para-hydroxylation sites is 1. The van der Waals surface area contributed by atoms with E-state index < -0.39 is 6.04 Å². The van der Waals surface area contributed by atoms with Crippen LogP contribution in [0.5, 0.6) is 5.75 Å². The van der Waals surface area contributed by atoms with Crippen LogP contribution in [0.25, 0.3) is 0 Å². The van der Waals surface area contributed by atoms with E-state index >= 15 is 0 Å². The van der Waals surface area contributed by atoms with Gasteiger partial charge < -0.3 is 10.1 Å². The van der Waals surface area contributed by atoms with Gasteiger partial charge in [-0.05, 0) is 42.7 Å². The average Bonchev–Trinajstić information content (AvgIpc) is 2.66. The van der Waals surface area contributed by atoms with E-state index in [1.54, 1.807) is 31.4 Å². The van der Waals surface area contributed by atoms with Gasteiger partial charge in [0.25, 0.3) is 0 Å². The van der Waals surface area contributed by atoms with Gasteiger partial charge in [-0.1, -0.05) is 38.1 Å². The first kappa shape index (κ1) is 19.5. The van der Waals surface area contributed by atoms with Crippen LogP contribution in [0, 0.1) is 17.2 Å². The monoisotopic (exact) mass is 351 g/mol. The van der Waals surface area contributed by atoms with Crippen molar-refractivity contribution in [3.63, 3.8) is 0 Å². The zero-order valence-corrected chi connectivity index (χ0v) is 15.6. The van der Waals surface area contributed by atoms with Gasteiger partial charge in [0.1, 0.15) is 11.8 Å². The molecule has 0 fully saturated rings. The predicted molar refractivity (Wildman–Crippen MR) is 103 cm³/mol. The van der Waals surface area contributed by atoms with Gasteiger partial charge in [0.2, 0.25) is 5.91 Å². The SMILES string of the molecule is COc1ccc(C(NC(C)C(=O)Nc2ccccc2C#N)C(C)C)cc1. The number of rotatable bonds is 7. The fraction of sp³-hybridized carbons (Fsp3) is 0.333. The minimum Gasteiger partial charge on any atom is -0.497 e. The van der Waals surface area contributed by atoms with Gasteiger partial charge in [-0.25, -0.2) is 0 Å². The lowest BCUT2D eigenvalue weighted by molar-refractivity contribution is -0.118. The van der Waals surface area contributed by atoms with Crippen LogP contribution >= 0.6 is 0 Å². The van der Waals surface area contributed by atoms with Crippen molar-refractivity contribution in [2.45, 2.75) is 32.9 Å². The summed E-state index contributed by atoms with van der Waals surface area (Å²) in [4.78, 5) is 12.6. The normalized spacial score (nSPS) is 12.9. The number of hydrogen-bond donors (Lipinski definition) is 2. The van der Waals surface area contributed by atoms with E-state index in [0.29, 0.717) is 17.2 Å². The molecule has 2 unspecified atom stereocenters. The third-order valence-electron chi connectivity index (χ3n) is 4.27. The molecule has 0 bridgehead atoms. The Bertz CT molecular complexity index is 779.